The lowest BCUT2D eigenvalue weighted by molar-refractivity contribution is 0.363. The highest BCUT2D eigenvalue weighted by Gasteiger charge is 2.16. The van der Waals surface area contributed by atoms with Crippen LogP contribution in [0.3, 0.4) is 0 Å². The van der Waals surface area contributed by atoms with Gasteiger partial charge in [0.05, 0.1) is 0 Å². The minimum Gasteiger partial charge on any atom is -0.248 e. The second-order valence-electron chi connectivity index (χ2n) is 4.12. The highest BCUT2D eigenvalue weighted by molar-refractivity contribution is 14.1. The summed E-state index contributed by atoms with van der Waals surface area (Å²) in [6.07, 6.45) is 7.36. The van der Waals surface area contributed by atoms with Crippen LogP contribution in [0.15, 0.2) is 24.1 Å². The second-order valence-corrected chi connectivity index (χ2v) is 5.48. The minimum atomic E-state index is -0.0810. The third-order valence-electron chi connectivity index (χ3n) is 2.99. The molecule has 0 aromatic rings. The quantitative estimate of drug-likeness (QED) is 0.543. The largest absolute Gasteiger partial charge is 0.248 e. The fourth-order valence-electron chi connectivity index (χ4n) is 1.75. The topological polar surface area (TPSA) is 3.24 Å². The summed E-state index contributed by atoms with van der Waals surface area (Å²) < 4.78 is 15.0. The van der Waals surface area contributed by atoms with E-state index < -0.39 is 0 Å². The Morgan fingerprint density at radius 3 is 2.93 bits per heavy atom. The molecule has 0 bridgehead atoms. The Bertz CT molecular complexity index is 250. The van der Waals surface area contributed by atoms with E-state index in [1.165, 1.54) is 6.42 Å². The number of halogens is 2. The summed E-state index contributed by atoms with van der Waals surface area (Å²) >= 11 is 2.36. The van der Waals surface area contributed by atoms with E-state index in [4.69, 9.17) is 0 Å². The molecule has 1 aliphatic carbocycles. The Morgan fingerprint density at radius 1 is 1.67 bits per heavy atom. The van der Waals surface area contributed by atoms with Crippen molar-refractivity contribution in [2.75, 3.05) is 13.1 Å². The maximum absolute atomic E-state index is 12.8. The van der Waals surface area contributed by atoms with Crippen LogP contribution in [-0.4, -0.2) is 16.2 Å². The van der Waals surface area contributed by atoms with Gasteiger partial charge in [-0.15, -0.1) is 0 Å². The Balaban J connectivity index is 2.29. The molecule has 0 aromatic heterocycles. The fourth-order valence-corrected chi connectivity index (χ4v) is 2.03. The smallest absolute Gasteiger partial charge is 0.118 e. The van der Waals surface area contributed by atoms with Crippen LogP contribution in [0.4, 0.5) is 4.39 Å². The molecule has 3 heteroatoms. The van der Waals surface area contributed by atoms with Crippen molar-refractivity contribution >= 4 is 22.9 Å². The molecule has 0 N–H and O–H groups in total. The van der Waals surface area contributed by atoms with Gasteiger partial charge in [-0.3, -0.25) is 0 Å². The number of hydrogen-bond acceptors (Lipinski definition) is 1. The summed E-state index contributed by atoms with van der Waals surface area (Å²) in [7, 11) is 0. The van der Waals surface area contributed by atoms with E-state index in [1.54, 1.807) is 12.2 Å². The van der Waals surface area contributed by atoms with Gasteiger partial charge >= 0.3 is 0 Å². The fraction of sp³-hybridized carbons (Fsp3) is 0.667. The molecule has 1 nitrogen and oxygen atoms in total. The molecule has 0 radical (unpaired) electrons. The summed E-state index contributed by atoms with van der Waals surface area (Å²) in [5.74, 6) is 1.07. The SMILES string of the molecule is CCN(I)CCC(C)C1C=CC(F)=CC1. The second kappa shape index (κ2) is 6.63. The van der Waals surface area contributed by atoms with Gasteiger partial charge in [0, 0.05) is 36.0 Å². The van der Waals surface area contributed by atoms with Crippen LogP contribution in [0.1, 0.15) is 26.7 Å². The van der Waals surface area contributed by atoms with Crippen molar-refractivity contribution < 1.29 is 4.39 Å². The van der Waals surface area contributed by atoms with E-state index in [-0.39, 0.29) is 5.83 Å². The van der Waals surface area contributed by atoms with E-state index in [9.17, 15) is 4.39 Å². The van der Waals surface area contributed by atoms with Gasteiger partial charge < -0.3 is 0 Å². The van der Waals surface area contributed by atoms with Crippen LogP contribution in [0, 0.1) is 11.8 Å². The first kappa shape index (κ1) is 13.2. The van der Waals surface area contributed by atoms with Gasteiger partial charge in [0.15, 0.2) is 0 Å². The Labute approximate surface area is 106 Å². The van der Waals surface area contributed by atoms with Gasteiger partial charge in [0.2, 0.25) is 0 Å². The average molecular weight is 323 g/mol. The molecule has 0 spiro atoms. The van der Waals surface area contributed by atoms with Crippen LogP contribution in [0.5, 0.6) is 0 Å². The zero-order valence-corrected chi connectivity index (χ0v) is 11.6. The molecule has 0 fully saturated rings. The van der Waals surface area contributed by atoms with E-state index in [2.05, 4.69) is 39.8 Å². The van der Waals surface area contributed by atoms with E-state index >= 15 is 0 Å². The van der Waals surface area contributed by atoms with Crippen LogP contribution in [-0.2, 0) is 0 Å². The van der Waals surface area contributed by atoms with Crippen molar-refractivity contribution in [3.05, 3.63) is 24.1 Å². The van der Waals surface area contributed by atoms with Crippen LogP contribution in [0.25, 0.3) is 0 Å². The maximum Gasteiger partial charge on any atom is 0.118 e. The van der Waals surface area contributed by atoms with Crippen molar-refractivity contribution in [3.8, 4) is 0 Å². The first-order valence-electron chi connectivity index (χ1n) is 5.58. The molecular weight excluding hydrogens is 304 g/mol. The first-order valence-corrected chi connectivity index (χ1v) is 6.54. The Morgan fingerprint density at radius 2 is 2.40 bits per heavy atom. The molecule has 1 aliphatic rings. The maximum atomic E-state index is 12.8. The number of hydrogen-bond donors (Lipinski definition) is 0. The Hall–Kier alpha value is 0.1000. The van der Waals surface area contributed by atoms with Crippen molar-refractivity contribution in [3.63, 3.8) is 0 Å². The monoisotopic (exact) mass is 323 g/mol. The van der Waals surface area contributed by atoms with Gasteiger partial charge in [-0.05, 0) is 36.8 Å². The van der Waals surface area contributed by atoms with Crippen molar-refractivity contribution in [2.24, 2.45) is 11.8 Å². The lowest BCUT2D eigenvalue weighted by atomic mass is 9.86. The van der Waals surface area contributed by atoms with Gasteiger partial charge in [-0.1, -0.05) is 19.9 Å². The van der Waals surface area contributed by atoms with Crippen LogP contribution >= 0.6 is 22.9 Å². The van der Waals surface area contributed by atoms with Crippen LogP contribution in [0.2, 0.25) is 0 Å². The predicted octanol–water partition coefficient (Wildman–Crippen LogP) is 4.11. The van der Waals surface area contributed by atoms with E-state index in [0.717, 1.165) is 19.5 Å². The lowest BCUT2D eigenvalue weighted by Gasteiger charge is -2.23. The summed E-state index contributed by atoms with van der Waals surface area (Å²) in [5, 5.41) is 0. The Kier molecular flexibility index (Phi) is 5.82. The number of allylic oxidation sites excluding steroid dienone is 4. The highest BCUT2D eigenvalue weighted by Crippen LogP contribution is 2.26. The summed E-state index contributed by atoms with van der Waals surface area (Å²) in [6.45, 7) is 6.62. The number of rotatable bonds is 5. The van der Waals surface area contributed by atoms with Crippen molar-refractivity contribution in [2.45, 2.75) is 26.7 Å². The minimum absolute atomic E-state index is 0.0810. The molecule has 2 atom stereocenters. The van der Waals surface area contributed by atoms with Gasteiger partial charge in [0.25, 0.3) is 0 Å². The first-order chi connectivity index (χ1) is 7.13. The molecule has 0 heterocycles. The zero-order chi connectivity index (χ0) is 11.3. The van der Waals surface area contributed by atoms with Crippen molar-refractivity contribution in [1.29, 1.82) is 0 Å². The molecule has 0 aromatic carbocycles. The zero-order valence-electron chi connectivity index (χ0n) is 9.42. The highest BCUT2D eigenvalue weighted by atomic mass is 127. The third-order valence-corrected chi connectivity index (χ3v) is 4.15. The molecule has 0 saturated heterocycles. The molecule has 0 saturated carbocycles. The average Bonchev–Trinajstić information content (AvgIpc) is 2.26. The molecular formula is C12H19FIN. The molecule has 0 aliphatic heterocycles. The van der Waals surface area contributed by atoms with Gasteiger partial charge in [-0.2, -0.15) is 0 Å². The molecule has 0 amide bonds. The van der Waals surface area contributed by atoms with E-state index in [0.29, 0.717) is 11.8 Å². The molecule has 2 unspecified atom stereocenters. The molecule has 1 rings (SSSR count). The third kappa shape index (κ3) is 4.64. The van der Waals surface area contributed by atoms with Gasteiger partial charge in [0.1, 0.15) is 5.83 Å². The number of nitrogens with zero attached hydrogens (tertiary/aromatic N) is 1. The van der Waals surface area contributed by atoms with Gasteiger partial charge in [-0.25, -0.2) is 7.50 Å². The summed E-state index contributed by atoms with van der Waals surface area (Å²) in [6, 6.07) is 0. The molecule has 15 heavy (non-hydrogen) atoms. The predicted molar refractivity (Wildman–Crippen MR) is 71.5 cm³/mol. The van der Waals surface area contributed by atoms with Crippen LogP contribution < -0.4 is 0 Å². The normalized spacial score (nSPS) is 23.0. The summed E-state index contributed by atoms with van der Waals surface area (Å²) in [5.41, 5.74) is 0. The lowest BCUT2D eigenvalue weighted by Crippen LogP contribution is -2.18. The summed E-state index contributed by atoms with van der Waals surface area (Å²) in [4.78, 5) is 0. The van der Waals surface area contributed by atoms with Crippen molar-refractivity contribution in [1.82, 2.24) is 3.11 Å². The molecule has 86 valence electrons. The van der Waals surface area contributed by atoms with E-state index in [1.807, 2.05) is 6.08 Å². The standard InChI is InChI=1S/C12H19FIN/c1-3-15(14)9-8-10(2)11-4-6-12(13)7-5-11/h4,6-7,10-11H,3,5,8-9H2,1-2H3.